The summed E-state index contributed by atoms with van der Waals surface area (Å²) in [7, 11) is 4.59. The lowest BCUT2D eigenvalue weighted by molar-refractivity contribution is 0.148. The summed E-state index contributed by atoms with van der Waals surface area (Å²) < 4.78 is 20.8. The maximum absolute atomic E-state index is 11.6. The van der Waals surface area contributed by atoms with E-state index in [1.165, 1.54) is 14.2 Å². The fourth-order valence-corrected chi connectivity index (χ4v) is 1.94. The Morgan fingerprint density at radius 3 is 2.14 bits per heavy atom. The van der Waals surface area contributed by atoms with Gasteiger partial charge in [-0.25, -0.2) is 4.79 Å². The molecule has 0 aliphatic heterocycles. The number of nitrogens with one attached hydrogen (secondary N) is 1. The molecule has 1 aromatic rings. The predicted octanol–water partition coefficient (Wildman–Crippen LogP) is 1.46. The summed E-state index contributed by atoms with van der Waals surface area (Å²) in [5, 5.41) is 2.68. The fraction of sp³-hybridized carbons (Fsp3) is 0.500. The molecule has 7 nitrogen and oxygen atoms in total. The van der Waals surface area contributed by atoms with Crippen molar-refractivity contribution in [3.63, 3.8) is 0 Å². The molecule has 0 spiro atoms. The Kier molecular flexibility index (Phi) is 6.61. The van der Waals surface area contributed by atoms with Crippen molar-refractivity contribution < 1.29 is 23.7 Å². The maximum Gasteiger partial charge on any atom is 0.407 e. The van der Waals surface area contributed by atoms with Crippen molar-refractivity contribution in [1.82, 2.24) is 5.32 Å². The summed E-state index contributed by atoms with van der Waals surface area (Å²) in [6.45, 7) is 2.17. The van der Waals surface area contributed by atoms with Gasteiger partial charge in [0.25, 0.3) is 0 Å². The molecule has 118 valence electrons. The second-order valence-electron chi connectivity index (χ2n) is 4.10. The van der Waals surface area contributed by atoms with Crippen LogP contribution >= 0.6 is 0 Å². The Labute approximate surface area is 124 Å². The van der Waals surface area contributed by atoms with Crippen molar-refractivity contribution in [3.8, 4) is 17.2 Å². The SMILES string of the molecule is CCOC(=O)NC(CN)c1c(OC)cc(OC)cc1OC. The first-order chi connectivity index (χ1) is 10.1. The molecular weight excluding hydrogens is 276 g/mol. The van der Waals surface area contributed by atoms with Crippen LogP contribution in [0.25, 0.3) is 0 Å². The number of rotatable bonds is 7. The Morgan fingerprint density at radius 2 is 1.76 bits per heavy atom. The van der Waals surface area contributed by atoms with E-state index < -0.39 is 12.1 Å². The van der Waals surface area contributed by atoms with Crippen LogP contribution in [0, 0.1) is 0 Å². The number of alkyl carbamates (subject to hydrolysis) is 1. The van der Waals surface area contributed by atoms with E-state index in [2.05, 4.69) is 5.32 Å². The van der Waals surface area contributed by atoms with Gasteiger partial charge in [0.05, 0.1) is 39.5 Å². The average Bonchev–Trinajstić information content (AvgIpc) is 2.51. The predicted molar refractivity (Wildman–Crippen MR) is 78.1 cm³/mol. The Morgan fingerprint density at radius 1 is 1.19 bits per heavy atom. The van der Waals surface area contributed by atoms with Crippen LogP contribution in [0.5, 0.6) is 17.2 Å². The van der Waals surface area contributed by atoms with E-state index in [0.717, 1.165) is 0 Å². The number of hydrogen-bond acceptors (Lipinski definition) is 6. The van der Waals surface area contributed by atoms with E-state index in [4.69, 9.17) is 24.7 Å². The van der Waals surface area contributed by atoms with Gasteiger partial charge in [-0.1, -0.05) is 0 Å². The number of amides is 1. The van der Waals surface area contributed by atoms with Gasteiger partial charge < -0.3 is 30.0 Å². The maximum atomic E-state index is 11.6. The summed E-state index contributed by atoms with van der Waals surface area (Å²) in [5.41, 5.74) is 6.39. The molecule has 0 aliphatic rings. The minimum atomic E-state index is -0.548. The highest BCUT2D eigenvalue weighted by molar-refractivity contribution is 5.68. The summed E-state index contributed by atoms with van der Waals surface area (Å²) in [4.78, 5) is 11.6. The molecule has 0 aromatic heterocycles. The van der Waals surface area contributed by atoms with Crippen LogP contribution in [0.3, 0.4) is 0 Å². The minimum absolute atomic E-state index is 0.165. The quantitative estimate of drug-likeness (QED) is 0.791. The number of hydrogen-bond donors (Lipinski definition) is 2. The molecular formula is C14H22N2O5. The van der Waals surface area contributed by atoms with E-state index in [9.17, 15) is 4.79 Å². The van der Waals surface area contributed by atoms with Crippen LogP contribution in [-0.2, 0) is 4.74 Å². The molecule has 1 rings (SSSR count). The molecule has 7 heteroatoms. The van der Waals surface area contributed by atoms with Crippen molar-refractivity contribution in [2.24, 2.45) is 5.73 Å². The highest BCUT2D eigenvalue weighted by Crippen LogP contribution is 2.38. The number of carbonyl (C=O) groups is 1. The van der Waals surface area contributed by atoms with Crippen LogP contribution < -0.4 is 25.3 Å². The number of carbonyl (C=O) groups excluding carboxylic acids is 1. The zero-order valence-electron chi connectivity index (χ0n) is 12.8. The fourth-order valence-electron chi connectivity index (χ4n) is 1.94. The third-order valence-corrected chi connectivity index (χ3v) is 2.90. The molecule has 0 fully saturated rings. The molecule has 0 heterocycles. The standard InChI is InChI=1S/C14H22N2O5/c1-5-21-14(17)16-10(8-15)13-11(19-3)6-9(18-2)7-12(13)20-4/h6-7,10H,5,8,15H2,1-4H3,(H,16,17). The van der Waals surface area contributed by atoms with Crippen LogP contribution in [0.4, 0.5) is 4.79 Å². The van der Waals surface area contributed by atoms with Gasteiger partial charge in [0, 0.05) is 18.7 Å². The van der Waals surface area contributed by atoms with Gasteiger partial charge in [0.1, 0.15) is 17.2 Å². The van der Waals surface area contributed by atoms with Gasteiger partial charge in [0.2, 0.25) is 0 Å². The number of ether oxygens (including phenoxy) is 4. The van der Waals surface area contributed by atoms with E-state index >= 15 is 0 Å². The molecule has 1 unspecified atom stereocenters. The molecule has 1 atom stereocenters. The van der Waals surface area contributed by atoms with Crippen LogP contribution in [0.1, 0.15) is 18.5 Å². The van der Waals surface area contributed by atoms with Crippen molar-refractivity contribution in [3.05, 3.63) is 17.7 Å². The molecule has 3 N–H and O–H groups in total. The lowest BCUT2D eigenvalue weighted by atomic mass is 10.0. The number of nitrogens with two attached hydrogens (primary N) is 1. The number of benzene rings is 1. The molecule has 1 amide bonds. The van der Waals surface area contributed by atoms with E-state index in [0.29, 0.717) is 22.8 Å². The summed E-state index contributed by atoms with van der Waals surface area (Å²) in [6.07, 6.45) is -0.548. The summed E-state index contributed by atoms with van der Waals surface area (Å²) in [5.74, 6) is 1.61. The average molecular weight is 298 g/mol. The third kappa shape index (κ3) is 4.16. The summed E-state index contributed by atoms with van der Waals surface area (Å²) >= 11 is 0. The topological polar surface area (TPSA) is 92.0 Å². The van der Waals surface area contributed by atoms with E-state index in [1.54, 1.807) is 26.2 Å². The molecule has 0 radical (unpaired) electrons. The third-order valence-electron chi connectivity index (χ3n) is 2.90. The lowest BCUT2D eigenvalue weighted by Crippen LogP contribution is -2.34. The first kappa shape index (κ1) is 16.9. The van der Waals surface area contributed by atoms with Crippen molar-refractivity contribution in [1.29, 1.82) is 0 Å². The smallest absolute Gasteiger partial charge is 0.407 e. The second kappa shape index (κ2) is 8.21. The van der Waals surface area contributed by atoms with Gasteiger partial charge in [-0.15, -0.1) is 0 Å². The normalized spacial score (nSPS) is 11.5. The summed E-state index contributed by atoms with van der Waals surface area (Å²) in [6, 6.07) is 2.90. The molecule has 0 saturated heterocycles. The molecule has 21 heavy (non-hydrogen) atoms. The lowest BCUT2D eigenvalue weighted by Gasteiger charge is -2.22. The van der Waals surface area contributed by atoms with Crippen LogP contribution in [-0.4, -0.2) is 40.6 Å². The van der Waals surface area contributed by atoms with Gasteiger partial charge in [-0.2, -0.15) is 0 Å². The Hall–Kier alpha value is -2.15. The van der Waals surface area contributed by atoms with E-state index in [1.807, 2.05) is 0 Å². The zero-order valence-corrected chi connectivity index (χ0v) is 12.8. The van der Waals surface area contributed by atoms with Crippen LogP contribution in [0.2, 0.25) is 0 Å². The molecule has 0 aliphatic carbocycles. The zero-order chi connectivity index (χ0) is 15.8. The Bertz CT molecular complexity index is 453. The molecule has 1 aromatic carbocycles. The van der Waals surface area contributed by atoms with Crippen molar-refractivity contribution in [2.75, 3.05) is 34.5 Å². The van der Waals surface area contributed by atoms with Crippen molar-refractivity contribution in [2.45, 2.75) is 13.0 Å². The van der Waals surface area contributed by atoms with Crippen molar-refractivity contribution >= 4 is 6.09 Å². The first-order valence-electron chi connectivity index (χ1n) is 6.54. The Balaban J connectivity index is 3.20. The monoisotopic (exact) mass is 298 g/mol. The highest BCUT2D eigenvalue weighted by atomic mass is 16.5. The van der Waals surface area contributed by atoms with Gasteiger partial charge in [-0.05, 0) is 6.92 Å². The van der Waals surface area contributed by atoms with Crippen LogP contribution in [0.15, 0.2) is 12.1 Å². The minimum Gasteiger partial charge on any atom is -0.496 e. The molecule has 0 saturated carbocycles. The van der Waals surface area contributed by atoms with E-state index in [-0.39, 0.29) is 13.2 Å². The second-order valence-corrected chi connectivity index (χ2v) is 4.10. The van der Waals surface area contributed by atoms with Gasteiger partial charge >= 0.3 is 6.09 Å². The number of methoxy groups -OCH3 is 3. The van der Waals surface area contributed by atoms with Gasteiger partial charge in [-0.3, -0.25) is 0 Å². The highest BCUT2D eigenvalue weighted by Gasteiger charge is 2.23. The van der Waals surface area contributed by atoms with Gasteiger partial charge in [0.15, 0.2) is 0 Å². The molecule has 0 bridgehead atoms. The first-order valence-corrected chi connectivity index (χ1v) is 6.54. The largest absolute Gasteiger partial charge is 0.496 e.